The van der Waals surface area contributed by atoms with Crippen LogP contribution >= 0.6 is 0 Å². The minimum Gasteiger partial charge on any atom is -0.512 e. The fourth-order valence-electron chi connectivity index (χ4n) is 1.35. The van der Waals surface area contributed by atoms with E-state index in [2.05, 4.69) is 0 Å². The number of hydrogen-bond acceptors (Lipinski definition) is 2. The minimum absolute atomic E-state index is 0.534. The lowest BCUT2D eigenvalue weighted by Crippen LogP contribution is -2.05. The van der Waals surface area contributed by atoms with Crippen LogP contribution in [0.1, 0.15) is 32.1 Å². The molecule has 0 radical (unpaired) electrons. The van der Waals surface area contributed by atoms with Crippen molar-refractivity contribution in [3.8, 4) is 0 Å². The second-order valence-electron chi connectivity index (χ2n) is 2.82. The van der Waals surface area contributed by atoms with Gasteiger partial charge in [0.05, 0.1) is 5.76 Å². The lowest BCUT2D eigenvalue weighted by molar-refractivity contribution is 0.378. The molecule has 0 fully saturated rings. The molecule has 0 bridgehead atoms. The third-order valence-electron chi connectivity index (χ3n) is 2.05. The molecule has 1 rings (SSSR count). The summed E-state index contributed by atoms with van der Waals surface area (Å²) >= 11 is 0. The molecule has 0 saturated carbocycles. The molecule has 2 nitrogen and oxygen atoms in total. The Labute approximate surface area is 61.7 Å². The Kier molecular flexibility index (Phi) is 2.75. The molecule has 0 amide bonds. The van der Waals surface area contributed by atoms with E-state index in [1.165, 1.54) is 12.8 Å². The van der Waals surface area contributed by atoms with E-state index >= 15 is 0 Å². The van der Waals surface area contributed by atoms with E-state index in [-0.39, 0.29) is 0 Å². The van der Waals surface area contributed by atoms with Crippen molar-refractivity contribution in [3.05, 3.63) is 11.3 Å². The van der Waals surface area contributed by atoms with Crippen LogP contribution in [0.15, 0.2) is 11.3 Å². The monoisotopic (exact) mass is 141 g/mol. The standard InChI is InChI=1S/C8H15NO/c9-6-7-4-2-1-3-5-8(7)10/h10H,1-6,9H2. The Morgan fingerprint density at radius 2 is 1.90 bits per heavy atom. The van der Waals surface area contributed by atoms with Crippen molar-refractivity contribution in [1.82, 2.24) is 0 Å². The largest absolute Gasteiger partial charge is 0.512 e. The van der Waals surface area contributed by atoms with Gasteiger partial charge in [-0.2, -0.15) is 0 Å². The molecular weight excluding hydrogens is 126 g/mol. The van der Waals surface area contributed by atoms with Gasteiger partial charge >= 0.3 is 0 Å². The Morgan fingerprint density at radius 1 is 1.20 bits per heavy atom. The number of hydrogen-bond donors (Lipinski definition) is 2. The average molecular weight is 141 g/mol. The Balaban J connectivity index is 2.58. The topological polar surface area (TPSA) is 46.2 Å². The quantitative estimate of drug-likeness (QED) is 0.584. The molecule has 2 heteroatoms. The van der Waals surface area contributed by atoms with E-state index in [1.807, 2.05) is 0 Å². The third kappa shape index (κ3) is 1.74. The predicted molar refractivity (Wildman–Crippen MR) is 41.8 cm³/mol. The molecule has 0 aliphatic heterocycles. The van der Waals surface area contributed by atoms with Crippen molar-refractivity contribution in [1.29, 1.82) is 0 Å². The lowest BCUT2D eigenvalue weighted by Gasteiger charge is -2.02. The highest BCUT2D eigenvalue weighted by molar-refractivity contribution is 5.10. The van der Waals surface area contributed by atoms with Crippen molar-refractivity contribution in [2.24, 2.45) is 5.73 Å². The summed E-state index contributed by atoms with van der Waals surface area (Å²) in [6.07, 6.45) is 5.38. The summed E-state index contributed by atoms with van der Waals surface area (Å²) in [5.74, 6) is 0.556. The highest BCUT2D eigenvalue weighted by Gasteiger charge is 2.07. The smallest absolute Gasteiger partial charge is 0.0927 e. The first-order valence-corrected chi connectivity index (χ1v) is 3.94. The zero-order chi connectivity index (χ0) is 7.40. The molecule has 0 aromatic heterocycles. The van der Waals surface area contributed by atoms with Crippen molar-refractivity contribution < 1.29 is 5.11 Å². The van der Waals surface area contributed by atoms with Gasteiger partial charge in [-0.15, -0.1) is 0 Å². The maximum atomic E-state index is 9.35. The summed E-state index contributed by atoms with van der Waals surface area (Å²) in [4.78, 5) is 0. The Morgan fingerprint density at radius 3 is 2.60 bits per heavy atom. The third-order valence-corrected chi connectivity index (χ3v) is 2.05. The molecule has 0 saturated heterocycles. The zero-order valence-corrected chi connectivity index (χ0v) is 6.27. The minimum atomic E-state index is 0.534. The summed E-state index contributed by atoms with van der Waals surface area (Å²) in [6.45, 7) is 0.534. The molecule has 0 spiro atoms. The zero-order valence-electron chi connectivity index (χ0n) is 6.27. The number of allylic oxidation sites excluding steroid dienone is 1. The van der Waals surface area contributed by atoms with Crippen LogP contribution in [-0.4, -0.2) is 11.7 Å². The summed E-state index contributed by atoms with van der Waals surface area (Å²) < 4.78 is 0. The summed E-state index contributed by atoms with van der Waals surface area (Å²) in [6, 6.07) is 0. The van der Waals surface area contributed by atoms with E-state index in [4.69, 9.17) is 5.73 Å². The van der Waals surface area contributed by atoms with Gasteiger partial charge in [0.1, 0.15) is 0 Å². The number of aliphatic hydroxyl groups is 1. The highest BCUT2D eigenvalue weighted by atomic mass is 16.3. The number of rotatable bonds is 1. The second-order valence-corrected chi connectivity index (χ2v) is 2.82. The van der Waals surface area contributed by atoms with E-state index < -0.39 is 0 Å². The fraction of sp³-hybridized carbons (Fsp3) is 0.750. The van der Waals surface area contributed by atoms with E-state index in [9.17, 15) is 5.11 Å². The maximum Gasteiger partial charge on any atom is 0.0927 e. The van der Waals surface area contributed by atoms with Gasteiger partial charge in [-0.25, -0.2) is 0 Å². The van der Waals surface area contributed by atoms with Crippen molar-refractivity contribution in [3.63, 3.8) is 0 Å². The SMILES string of the molecule is NCC1=C(O)CCCCC1. The van der Waals surface area contributed by atoms with E-state index in [0.717, 1.165) is 24.8 Å². The van der Waals surface area contributed by atoms with Crippen LogP contribution in [0.3, 0.4) is 0 Å². The van der Waals surface area contributed by atoms with Crippen LogP contribution in [0, 0.1) is 0 Å². The molecule has 0 unspecified atom stereocenters. The van der Waals surface area contributed by atoms with Gasteiger partial charge in [-0.1, -0.05) is 6.42 Å². The average Bonchev–Trinajstić information content (AvgIpc) is 2.13. The van der Waals surface area contributed by atoms with Gasteiger partial charge in [0, 0.05) is 13.0 Å². The molecule has 0 atom stereocenters. The van der Waals surface area contributed by atoms with Gasteiger partial charge < -0.3 is 10.8 Å². The maximum absolute atomic E-state index is 9.35. The van der Waals surface area contributed by atoms with Gasteiger partial charge in [-0.05, 0) is 24.8 Å². The predicted octanol–water partition coefficient (Wildman–Crippen LogP) is 1.72. The molecule has 3 N–H and O–H groups in total. The normalized spacial score (nSPS) is 20.9. The number of aliphatic hydroxyl groups excluding tert-OH is 1. The first-order chi connectivity index (χ1) is 4.84. The van der Waals surface area contributed by atoms with Crippen molar-refractivity contribution in [2.45, 2.75) is 32.1 Å². The van der Waals surface area contributed by atoms with Crippen molar-refractivity contribution >= 4 is 0 Å². The first kappa shape index (κ1) is 7.61. The highest BCUT2D eigenvalue weighted by Crippen LogP contribution is 2.20. The Bertz CT molecular complexity index is 140. The van der Waals surface area contributed by atoms with E-state index in [1.54, 1.807) is 0 Å². The van der Waals surface area contributed by atoms with Gasteiger partial charge in [-0.3, -0.25) is 0 Å². The number of nitrogens with two attached hydrogens (primary N) is 1. The van der Waals surface area contributed by atoms with Crippen LogP contribution in [-0.2, 0) is 0 Å². The van der Waals surface area contributed by atoms with Gasteiger partial charge in [0.15, 0.2) is 0 Å². The van der Waals surface area contributed by atoms with Crippen LogP contribution in [0.5, 0.6) is 0 Å². The summed E-state index contributed by atoms with van der Waals surface area (Å²) in [5.41, 5.74) is 6.51. The van der Waals surface area contributed by atoms with Gasteiger partial charge in [0.25, 0.3) is 0 Å². The summed E-state index contributed by atoms with van der Waals surface area (Å²) in [5, 5.41) is 9.35. The molecule has 0 aromatic carbocycles. The molecule has 1 aliphatic carbocycles. The molecule has 1 aliphatic rings. The lowest BCUT2D eigenvalue weighted by atomic mass is 10.1. The van der Waals surface area contributed by atoms with Crippen LogP contribution < -0.4 is 5.73 Å². The van der Waals surface area contributed by atoms with Crippen LogP contribution in [0.4, 0.5) is 0 Å². The Hall–Kier alpha value is -0.500. The van der Waals surface area contributed by atoms with Crippen LogP contribution in [0.25, 0.3) is 0 Å². The molecule has 0 aromatic rings. The summed E-state index contributed by atoms with van der Waals surface area (Å²) in [7, 11) is 0. The van der Waals surface area contributed by atoms with Gasteiger partial charge in [0.2, 0.25) is 0 Å². The molecule has 10 heavy (non-hydrogen) atoms. The van der Waals surface area contributed by atoms with Crippen LogP contribution in [0.2, 0.25) is 0 Å². The molecule has 58 valence electrons. The fourth-order valence-corrected chi connectivity index (χ4v) is 1.35. The molecule has 0 heterocycles. The second kappa shape index (κ2) is 3.62. The van der Waals surface area contributed by atoms with Crippen molar-refractivity contribution in [2.75, 3.05) is 6.54 Å². The first-order valence-electron chi connectivity index (χ1n) is 3.94. The van der Waals surface area contributed by atoms with E-state index in [0.29, 0.717) is 12.3 Å². The molecular formula is C8H15NO.